The maximum absolute atomic E-state index is 5.26. The summed E-state index contributed by atoms with van der Waals surface area (Å²) in [6.45, 7) is 4.61. The fourth-order valence-electron chi connectivity index (χ4n) is 9.02. The van der Waals surface area contributed by atoms with Gasteiger partial charge in [0.1, 0.15) is 0 Å². The van der Waals surface area contributed by atoms with Crippen LogP contribution in [0.5, 0.6) is 0 Å². The van der Waals surface area contributed by atoms with Crippen molar-refractivity contribution in [1.82, 2.24) is 15.0 Å². The Bertz CT molecular complexity index is 3180. The third-order valence-electron chi connectivity index (χ3n) is 11.7. The molecule has 258 valence electrons. The molecule has 0 saturated heterocycles. The van der Waals surface area contributed by atoms with E-state index in [0.29, 0.717) is 17.5 Å². The van der Waals surface area contributed by atoms with E-state index in [1.165, 1.54) is 65.3 Å². The molecule has 1 aromatic heterocycles. The summed E-state index contributed by atoms with van der Waals surface area (Å²) >= 11 is 0. The zero-order chi connectivity index (χ0) is 36.7. The van der Waals surface area contributed by atoms with E-state index in [2.05, 4.69) is 172 Å². The molecule has 0 spiro atoms. The van der Waals surface area contributed by atoms with Crippen LogP contribution in [0.3, 0.4) is 0 Å². The summed E-state index contributed by atoms with van der Waals surface area (Å²) in [6, 6.07) is 63.1. The minimum Gasteiger partial charge on any atom is -0.208 e. The average Bonchev–Trinajstić information content (AvgIpc) is 3.49. The molecule has 0 unspecified atom stereocenters. The molecule has 0 N–H and O–H groups in total. The van der Waals surface area contributed by atoms with Crippen LogP contribution in [0.15, 0.2) is 176 Å². The lowest BCUT2D eigenvalue weighted by atomic mass is 9.82. The first-order valence-electron chi connectivity index (χ1n) is 18.9. The van der Waals surface area contributed by atoms with Gasteiger partial charge in [0.15, 0.2) is 17.5 Å². The van der Waals surface area contributed by atoms with E-state index in [0.717, 1.165) is 27.8 Å². The van der Waals surface area contributed by atoms with Crippen molar-refractivity contribution in [3.8, 4) is 56.4 Å². The molecule has 0 bridgehead atoms. The lowest BCUT2D eigenvalue weighted by Gasteiger charge is -2.21. The van der Waals surface area contributed by atoms with Crippen LogP contribution in [0.4, 0.5) is 0 Å². The van der Waals surface area contributed by atoms with Gasteiger partial charge in [0.05, 0.1) is 0 Å². The van der Waals surface area contributed by atoms with Gasteiger partial charge in [-0.05, 0) is 88.6 Å². The molecule has 1 heterocycles. The van der Waals surface area contributed by atoms with Gasteiger partial charge in [0, 0.05) is 22.1 Å². The van der Waals surface area contributed by atoms with Gasteiger partial charge in [-0.1, -0.05) is 178 Å². The summed E-state index contributed by atoms with van der Waals surface area (Å²) in [6.07, 6.45) is 0. The number of aromatic nitrogens is 3. The van der Waals surface area contributed by atoms with Gasteiger partial charge in [-0.25, -0.2) is 15.0 Å². The Morgan fingerprint density at radius 1 is 0.345 bits per heavy atom. The zero-order valence-electron chi connectivity index (χ0n) is 30.6. The summed E-state index contributed by atoms with van der Waals surface area (Å²) in [4.78, 5) is 15.6. The predicted molar refractivity (Wildman–Crippen MR) is 229 cm³/mol. The molecular formula is C52H35N3. The van der Waals surface area contributed by atoms with Crippen LogP contribution < -0.4 is 0 Å². The van der Waals surface area contributed by atoms with Gasteiger partial charge in [-0.2, -0.15) is 0 Å². The monoisotopic (exact) mass is 701 g/mol. The topological polar surface area (TPSA) is 38.7 Å². The molecule has 0 aliphatic heterocycles. The molecule has 1 aliphatic carbocycles. The minimum absolute atomic E-state index is 0.126. The van der Waals surface area contributed by atoms with Gasteiger partial charge in [-0.3, -0.25) is 0 Å². The molecule has 55 heavy (non-hydrogen) atoms. The highest BCUT2D eigenvalue weighted by molar-refractivity contribution is 6.31. The maximum Gasteiger partial charge on any atom is 0.164 e. The van der Waals surface area contributed by atoms with Crippen LogP contribution in [0, 0.1) is 0 Å². The maximum atomic E-state index is 5.26. The van der Waals surface area contributed by atoms with E-state index in [4.69, 9.17) is 15.0 Å². The minimum atomic E-state index is -0.126. The molecule has 3 heteroatoms. The summed E-state index contributed by atoms with van der Waals surface area (Å²) in [7, 11) is 0. The number of nitrogens with zero attached hydrogens (tertiary/aromatic N) is 3. The Hall–Kier alpha value is -6.97. The van der Waals surface area contributed by atoms with Crippen molar-refractivity contribution in [1.29, 1.82) is 0 Å². The number of hydrogen-bond donors (Lipinski definition) is 0. The van der Waals surface area contributed by atoms with Crippen LogP contribution in [-0.4, -0.2) is 15.0 Å². The van der Waals surface area contributed by atoms with Crippen LogP contribution in [0.2, 0.25) is 0 Å². The lowest BCUT2D eigenvalue weighted by Crippen LogP contribution is -2.14. The summed E-state index contributed by atoms with van der Waals surface area (Å²) in [5, 5.41) is 10.2. The molecular weight excluding hydrogens is 667 g/mol. The van der Waals surface area contributed by atoms with Crippen molar-refractivity contribution in [2.75, 3.05) is 0 Å². The van der Waals surface area contributed by atoms with Gasteiger partial charge in [0.25, 0.3) is 0 Å². The highest BCUT2D eigenvalue weighted by atomic mass is 15.0. The fraction of sp³-hybridized carbons (Fsp3) is 0.0577. The lowest BCUT2D eigenvalue weighted by molar-refractivity contribution is 0.660. The van der Waals surface area contributed by atoms with Crippen molar-refractivity contribution < 1.29 is 0 Å². The number of rotatable bonds is 4. The van der Waals surface area contributed by atoms with Crippen molar-refractivity contribution >= 4 is 43.1 Å². The molecule has 0 fully saturated rings. The molecule has 3 nitrogen and oxygen atoms in total. The fourth-order valence-corrected chi connectivity index (χ4v) is 9.02. The van der Waals surface area contributed by atoms with Crippen molar-refractivity contribution in [2.24, 2.45) is 0 Å². The molecule has 0 saturated carbocycles. The molecule has 0 atom stereocenters. The Labute approximate surface area is 319 Å². The third kappa shape index (κ3) is 4.86. The Morgan fingerprint density at radius 3 is 1.78 bits per heavy atom. The smallest absolute Gasteiger partial charge is 0.164 e. The molecule has 9 aromatic carbocycles. The normalized spacial score (nSPS) is 13.1. The Balaban J connectivity index is 1.10. The number of hydrogen-bond acceptors (Lipinski definition) is 3. The highest BCUT2D eigenvalue weighted by Gasteiger charge is 2.37. The Kier molecular flexibility index (Phi) is 6.90. The number of fused-ring (bicyclic) bond motifs is 11. The molecule has 0 amide bonds. The second kappa shape index (κ2) is 12.0. The molecule has 0 radical (unpaired) electrons. The zero-order valence-corrected chi connectivity index (χ0v) is 30.6. The van der Waals surface area contributed by atoms with Crippen molar-refractivity contribution in [2.45, 2.75) is 19.3 Å². The first-order chi connectivity index (χ1) is 27.0. The summed E-state index contributed by atoms with van der Waals surface area (Å²) in [5.41, 5.74) is 10.1. The van der Waals surface area contributed by atoms with Gasteiger partial charge in [0.2, 0.25) is 0 Å². The van der Waals surface area contributed by atoms with Crippen LogP contribution >= 0.6 is 0 Å². The van der Waals surface area contributed by atoms with Gasteiger partial charge in [-0.15, -0.1) is 0 Å². The SMILES string of the molecule is CC1(C)c2ccccc2-c2c(-c3nc(-c4ccccc4)nc(-c4cccc(-c5ccc6c7ccccc7c7c8ccccc8ccc7c6c5)c4)n3)cccc21. The second-order valence-corrected chi connectivity index (χ2v) is 15.2. The number of benzene rings is 9. The van der Waals surface area contributed by atoms with Gasteiger partial charge < -0.3 is 0 Å². The summed E-state index contributed by atoms with van der Waals surface area (Å²) < 4.78 is 0. The molecule has 1 aliphatic rings. The average molecular weight is 702 g/mol. The van der Waals surface area contributed by atoms with E-state index in [1.54, 1.807) is 0 Å². The third-order valence-corrected chi connectivity index (χ3v) is 11.7. The van der Waals surface area contributed by atoms with Crippen molar-refractivity contribution in [3.63, 3.8) is 0 Å². The van der Waals surface area contributed by atoms with E-state index < -0.39 is 0 Å². The first-order valence-corrected chi connectivity index (χ1v) is 18.9. The van der Waals surface area contributed by atoms with Crippen molar-refractivity contribution in [3.05, 3.63) is 187 Å². The van der Waals surface area contributed by atoms with Gasteiger partial charge >= 0.3 is 0 Å². The van der Waals surface area contributed by atoms with Crippen LogP contribution in [0.25, 0.3) is 99.5 Å². The molecule has 10 aromatic rings. The summed E-state index contributed by atoms with van der Waals surface area (Å²) in [5.74, 6) is 1.98. The van der Waals surface area contributed by atoms with E-state index in [-0.39, 0.29) is 5.41 Å². The van der Waals surface area contributed by atoms with Crippen LogP contribution in [0.1, 0.15) is 25.0 Å². The van der Waals surface area contributed by atoms with E-state index >= 15 is 0 Å². The van der Waals surface area contributed by atoms with E-state index in [1.807, 2.05) is 18.2 Å². The van der Waals surface area contributed by atoms with E-state index in [9.17, 15) is 0 Å². The first kappa shape index (κ1) is 31.5. The highest BCUT2D eigenvalue weighted by Crippen LogP contribution is 2.51. The standard InChI is InChI=1S/C52H35N3/c1-52(2)45-24-11-10-22-42(45)48-43(23-13-25-46(48)52)51-54-49(33-15-4-3-5-16-33)53-50(55-51)36-18-12-17-34(30-36)35-27-28-39-38-20-8-9-21-40(38)47-37-19-7-6-14-32(37)26-29-41(47)44(39)31-35/h3-31H,1-2H3. The van der Waals surface area contributed by atoms with Crippen LogP contribution in [-0.2, 0) is 5.41 Å². The predicted octanol–water partition coefficient (Wildman–Crippen LogP) is 13.5. The Morgan fingerprint density at radius 2 is 0.909 bits per heavy atom. The largest absolute Gasteiger partial charge is 0.208 e. The second-order valence-electron chi connectivity index (χ2n) is 15.2. The molecule has 11 rings (SSSR count). The quantitative estimate of drug-likeness (QED) is 0.171.